The molecular formula is C25H24O5. The lowest BCUT2D eigenvalue weighted by Gasteiger charge is -2.10. The molecule has 0 aliphatic heterocycles. The highest BCUT2D eigenvalue weighted by atomic mass is 16.5. The van der Waals surface area contributed by atoms with E-state index >= 15 is 0 Å². The van der Waals surface area contributed by atoms with Gasteiger partial charge in [0.05, 0.1) is 18.8 Å². The minimum Gasteiger partial charge on any atom is -0.493 e. The molecule has 0 aliphatic rings. The molecule has 30 heavy (non-hydrogen) atoms. The van der Waals surface area contributed by atoms with Crippen molar-refractivity contribution in [3.8, 4) is 11.5 Å². The Labute approximate surface area is 176 Å². The van der Waals surface area contributed by atoms with Crippen LogP contribution in [-0.2, 0) is 11.2 Å². The van der Waals surface area contributed by atoms with Gasteiger partial charge < -0.3 is 14.2 Å². The first-order valence-corrected chi connectivity index (χ1v) is 9.92. The molecule has 0 saturated carbocycles. The van der Waals surface area contributed by atoms with Gasteiger partial charge in [-0.05, 0) is 48.4 Å². The van der Waals surface area contributed by atoms with Crippen molar-refractivity contribution in [2.45, 2.75) is 19.8 Å². The van der Waals surface area contributed by atoms with Crippen molar-refractivity contribution in [1.29, 1.82) is 0 Å². The number of rotatable bonds is 9. The van der Waals surface area contributed by atoms with Gasteiger partial charge in [-0.1, -0.05) is 49.4 Å². The molecule has 3 aromatic rings. The van der Waals surface area contributed by atoms with Crippen molar-refractivity contribution in [3.05, 3.63) is 95.6 Å². The Balaban J connectivity index is 1.55. The zero-order valence-electron chi connectivity index (χ0n) is 16.9. The lowest BCUT2D eigenvalue weighted by molar-refractivity contribution is 0.0509. The van der Waals surface area contributed by atoms with Crippen LogP contribution in [0.15, 0.2) is 78.9 Å². The molecule has 0 spiro atoms. The Morgan fingerprint density at radius 2 is 1.47 bits per heavy atom. The van der Waals surface area contributed by atoms with E-state index in [1.807, 2.05) is 37.3 Å². The number of benzene rings is 3. The summed E-state index contributed by atoms with van der Waals surface area (Å²) in [4.78, 5) is 24.7. The van der Waals surface area contributed by atoms with Crippen molar-refractivity contribution in [1.82, 2.24) is 0 Å². The minimum atomic E-state index is -0.514. The van der Waals surface area contributed by atoms with Gasteiger partial charge in [-0.2, -0.15) is 0 Å². The van der Waals surface area contributed by atoms with Gasteiger partial charge in [0.15, 0.2) is 0 Å². The molecule has 5 heteroatoms. The Kier molecular flexibility index (Phi) is 7.61. The highest BCUT2D eigenvalue weighted by Crippen LogP contribution is 2.21. The Morgan fingerprint density at radius 1 is 0.767 bits per heavy atom. The summed E-state index contributed by atoms with van der Waals surface area (Å²) >= 11 is 0. The second-order valence-corrected chi connectivity index (χ2v) is 6.63. The molecule has 0 fully saturated rings. The lowest BCUT2D eigenvalue weighted by atomic mass is 10.2. The molecule has 0 aromatic heterocycles. The fourth-order valence-electron chi connectivity index (χ4n) is 2.78. The van der Waals surface area contributed by atoms with Crippen LogP contribution < -0.4 is 9.47 Å². The fraction of sp³-hybridized carbons (Fsp3) is 0.200. The van der Waals surface area contributed by atoms with Crippen molar-refractivity contribution in [2.24, 2.45) is 0 Å². The summed E-state index contributed by atoms with van der Waals surface area (Å²) in [7, 11) is 0. The summed E-state index contributed by atoms with van der Waals surface area (Å²) in [5.74, 6) is -0.101. The Hall–Kier alpha value is -3.60. The van der Waals surface area contributed by atoms with Crippen LogP contribution in [0.5, 0.6) is 11.5 Å². The van der Waals surface area contributed by atoms with Gasteiger partial charge in [-0.3, -0.25) is 0 Å². The quantitative estimate of drug-likeness (QED) is 0.367. The maximum absolute atomic E-state index is 12.5. The van der Waals surface area contributed by atoms with Crippen LogP contribution in [0.4, 0.5) is 0 Å². The van der Waals surface area contributed by atoms with Gasteiger partial charge >= 0.3 is 11.9 Å². The fourth-order valence-corrected chi connectivity index (χ4v) is 2.78. The van der Waals surface area contributed by atoms with Gasteiger partial charge in [0.25, 0.3) is 0 Å². The van der Waals surface area contributed by atoms with Gasteiger partial charge in [0.2, 0.25) is 0 Å². The van der Waals surface area contributed by atoms with Gasteiger partial charge in [-0.15, -0.1) is 0 Å². The molecule has 0 saturated heterocycles. The van der Waals surface area contributed by atoms with Crippen molar-refractivity contribution < 1.29 is 23.8 Å². The Bertz CT molecular complexity index is 964. The van der Waals surface area contributed by atoms with E-state index in [2.05, 4.69) is 0 Å². The monoisotopic (exact) mass is 404 g/mol. The van der Waals surface area contributed by atoms with Crippen LogP contribution in [0.2, 0.25) is 0 Å². The van der Waals surface area contributed by atoms with Crippen molar-refractivity contribution in [3.63, 3.8) is 0 Å². The minimum absolute atomic E-state index is 0.300. The molecule has 3 aromatic carbocycles. The average molecular weight is 404 g/mol. The predicted molar refractivity (Wildman–Crippen MR) is 114 cm³/mol. The third kappa shape index (κ3) is 5.95. The smallest absolute Gasteiger partial charge is 0.347 e. The number of carbonyl (C=O) groups excluding carboxylic acids is 2. The first-order chi connectivity index (χ1) is 14.7. The van der Waals surface area contributed by atoms with E-state index in [4.69, 9.17) is 14.2 Å². The molecular weight excluding hydrogens is 380 g/mol. The van der Waals surface area contributed by atoms with E-state index in [9.17, 15) is 9.59 Å². The summed E-state index contributed by atoms with van der Waals surface area (Å²) in [6, 6.07) is 23.1. The second kappa shape index (κ2) is 10.8. The molecule has 0 radical (unpaired) electrons. The topological polar surface area (TPSA) is 61.8 Å². The van der Waals surface area contributed by atoms with E-state index in [0.29, 0.717) is 42.3 Å². The number of esters is 2. The second-order valence-electron chi connectivity index (χ2n) is 6.63. The van der Waals surface area contributed by atoms with E-state index in [1.165, 1.54) is 0 Å². The highest BCUT2D eigenvalue weighted by Gasteiger charge is 2.15. The molecule has 0 unspecified atom stereocenters. The summed E-state index contributed by atoms with van der Waals surface area (Å²) < 4.78 is 16.3. The van der Waals surface area contributed by atoms with Crippen molar-refractivity contribution >= 4 is 11.9 Å². The SMILES string of the molecule is CCCOc1ccccc1C(=O)Oc1ccc(C(=O)OCCc2ccccc2)cc1. The number of para-hydroxylation sites is 1. The van der Waals surface area contributed by atoms with Crippen LogP contribution in [0.3, 0.4) is 0 Å². The lowest BCUT2D eigenvalue weighted by Crippen LogP contribution is -2.11. The van der Waals surface area contributed by atoms with Crippen LogP contribution in [0.25, 0.3) is 0 Å². The zero-order chi connectivity index (χ0) is 21.2. The highest BCUT2D eigenvalue weighted by molar-refractivity contribution is 5.94. The summed E-state index contributed by atoms with van der Waals surface area (Å²) in [5.41, 5.74) is 1.86. The van der Waals surface area contributed by atoms with Crippen LogP contribution in [0.1, 0.15) is 39.6 Å². The number of carbonyl (C=O) groups is 2. The van der Waals surface area contributed by atoms with Crippen LogP contribution in [-0.4, -0.2) is 25.2 Å². The maximum Gasteiger partial charge on any atom is 0.347 e. The molecule has 0 bridgehead atoms. The third-order valence-electron chi connectivity index (χ3n) is 4.34. The molecule has 3 rings (SSSR count). The third-order valence-corrected chi connectivity index (χ3v) is 4.34. The molecule has 5 nitrogen and oxygen atoms in total. The summed E-state index contributed by atoms with van der Waals surface area (Å²) in [5, 5.41) is 0. The first-order valence-electron chi connectivity index (χ1n) is 9.92. The van der Waals surface area contributed by atoms with Gasteiger partial charge in [-0.25, -0.2) is 9.59 Å². The molecule has 0 heterocycles. The molecule has 154 valence electrons. The maximum atomic E-state index is 12.5. The van der Waals surface area contributed by atoms with Crippen molar-refractivity contribution in [2.75, 3.05) is 13.2 Å². The summed E-state index contributed by atoms with van der Waals surface area (Å²) in [6.07, 6.45) is 1.49. The normalized spacial score (nSPS) is 10.3. The predicted octanol–water partition coefficient (Wildman–Crippen LogP) is 5.09. The zero-order valence-corrected chi connectivity index (χ0v) is 16.9. The van der Waals surface area contributed by atoms with Gasteiger partial charge in [0.1, 0.15) is 17.1 Å². The molecule has 0 N–H and O–H groups in total. The largest absolute Gasteiger partial charge is 0.493 e. The molecule has 0 aliphatic carbocycles. The first kappa shape index (κ1) is 21.1. The number of hydrogen-bond donors (Lipinski definition) is 0. The number of hydrogen-bond acceptors (Lipinski definition) is 5. The van der Waals surface area contributed by atoms with Gasteiger partial charge in [0, 0.05) is 6.42 Å². The summed E-state index contributed by atoms with van der Waals surface area (Å²) in [6.45, 7) is 2.81. The number of ether oxygens (including phenoxy) is 3. The van der Waals surface area contributed by atoms with E-state index in [0.717, 1.165) is 12.0 Å². The van der Waals surface area contributed by atoms with Crippen LogP contribution >= 0.6 is 0 Å². The standard InChI is InChI=1S/C25H24O5/c1-2-17-28-23-11-7-6-10-22(23)25(27)30-21-14-12-20(13-15-21)24(26)29-18-16-19-8-4-3-5-9-19/h3-15H,2,16-18H2,1H3. The van der Waals surface area contributed by atoms with E-state index in [-0.39, 0.29) is 0 Å². The average Bonchev–Trinajstić information content (AvgIpc) is 2.79. The molecule has 0 atom stereocenters. The van der Waals surface area contributed by atoms with E-state index < -0.39 is 11.9 Å². The van der Waals surface area contributed by atoms with E-state index in [1.54, 1.807) is 48.5 Å². The Morgan fingerprint density at radius 3 is 2.20 bits per heavy atom. The van der Waals surface area contributed by atoms with Crippen LogP contribution in [0, 0.1) is 0 Å². The molecule has 0 amide bonds.